The van der Waals surface area contributed by atoms with Crippen molar-refractivity contribution in [1.82, 2.24) is 24.9 Å². The number of aryl methyl sites for hydroxylation is 2. The SMILES string of the molecule is Cc1c(CNC(=O)c2c(Br)cnn2C)cnn1C. The highest BCUT2D eigenvalue weighted by molar-refractivity contribution is 9.10. The molecule has 0 fully saturated rings. The van der Waals surface area contributed by atoms with Crippen molar-refractivity contribution in [3.8, 4) is 0 Å². The summed E-state index contributed by atoms with van der Waals surface area (Å²) in [4.78, 5) is 12.0. The number of nitrogens with zero attached hydrogens (tertiary/aromatic N) is 4. The smallest absolute Gasteiger partial charge is 0.270 e. The van der Waals surface area contributed by atoms with Crippen molar-refractivity contribution in [2.24, 2.45) is 14.1 Å². The maximum atomic E-state index is 12.0. The number of rotatable bonds is 3. The van der Waals surface area contributed by atoms with Gasteiger partial charge in [0.2, 0.25) is 0 Å². The largest absolute Gasteiger partial charge is 0.346 e. The normalized spacial score (nSPS) is 10.7. The predicted molar refractivity (Wildman–Crippen MR) is 70.0 cm³/mol. The molecule has 0 bridgehead atoms. The number of hydrogen-bond donors (Lipinski definition) is 1. The average molecular weight is 312 g/mol. The summed E-state index contributed by atoms with van der Waals surface area (Å²) in [7, 11) is 3.60. The third-order valence-corrected chi connectivity index (χ3v) is 3.47. The number of amides is 1. The molecule has 0 saturated carbocycles. The Morgan fingerprint density at radius 3 is 2.50 bits per heavy atom. The third-order valence-electron chi connectivity index (χ3n) is 2.89. The summed E-state index contributed by atoms with van der Waals surface area (Å²) >= 11 is 3.30. The molecule has 0 saturated heterocycles. The van der Waals surface area contributed by atoms with E-state index in [9.17, 15) is 4.79 Å². The van der Waals surface area contributed by atoms with Gasteiger partial charge in [0.05, 0.1) is 16.9 Å². The summed E-state index contributed by atoms with van der Waals surface area (Å²) in [5, 5.41) is 11.0. The topological polar surface area (TPSA) is 64.7 Å². The molecule has 1 amide bonds. The zero-order valence-corrected chi connectivity index (χ0v) is 12.0. The predicted octanol–water partition coefficient (Wildman–Crippen LogP) is 1.15. The van der Waals surface area contributed by atoms with Crippen LogP contribution in [0.3, 0.4) is 0 Å². The second kappa shape index (κ2) is 4.93. The van der Waals surface area contributed by atoms with Gasteiger partial charge in [-0.05, 0) is 22.9 Å². The van der Waals surface area contributed by atoms with E-state index in [1.165, 1.54) is 4.68 Å². The Morgan fingerprint density at radius 1 is 1.33 bits per heavy atom. The molecule has 0 radical (unpaired) electrons. The number of nitrogens with one attached hydrogen (secondary N) is 1. The minimum Gasteiger partial charge on any atom is -0.346 e. The zero-order valence-electron chi connectivity index (χ0n) is 10.4. The molecule has 0 unspecified atom stereocenters. The third kappa shape index (κ3) is 2.31. The number of carbonyl (C=O) groups excluding carboxylic acids is 1. The van der Waals surface area contributed by atoms with Crippen LogP contribution in [-0.2, 0) is 20.6 Å². The fourth-order valence-electron chi connectivity index (χ4n) is 1.64. The van der Waals surface area contributed by atoms with Gasteiger partial charge < -0.3 is 5.32 Å². The van der Waals surface area contributed by atoms with Gasteiger partial charge in [0.25, 0.3) is 5.91 Å². The number of hydrogen-bond acceptors (Lipinski definition) is 3. The maximum absolute atomic E-state index is 12.0. The molecule has 7 heteroatoms. The average Bonchev–Trinajstić information content (AvgIpc) is 2.82. The van der Waals surface area contributed by atoms with Gasteiger partial charge in [0, 0.05) is 31.9 Å². The van der Waals surface area contributed by atoms with E-state index in [-0.39, 0.29) is 5.91 Å². The number of halogens is 1. The molecular formula is C11H14BrN5O. The Hall–Kier alpha value is -1.63. The number of carbonyl (C=O) groups is 1. The Balaban J connectivity index is 2.07. The Morgan fingerprint density at radius 2 is 2.00 bits per heavy atom. The van der Waals surface area contributed by atoms with Crippen LogP contribution >= 0.6 is 15.9 Å². The summed E-state index contributed by atoms with van der Waals surface area (Å²) in [6.07, 6.45) is 3.36. The van der Waals surface area contributed by atoms with E-state index in [1.807, 2.05) is 14.0 Å². The highest BCUT2D eigenvalue weighted by atomic mass is 79.9. The molecule has 2 aromatic rings. The molecular weight excluding hydrogens is 298 g/mol. The first kappa shape index (κ1) is 12.8. The Bertz CT molecular complexity index is 567. The van der Waals surface area contributed by atoms with Crippen LogP contribution in [0.15, 0.2) is 16.9 Å². The molecule has 2 rings (SSSR count). The minimum atomic E-state index is -0.162. The zero-order chi connectivity index (χ0) is 13.3. The molecule has 96 valence electrons. The summed E-state index contributed by atoms with van der Waals surface area (Å²) < 4.78 is 4.00. The molecule has 2 aromatic heterocycles. The van der Waals surface area contributed by atoms with Crippen molar-refractivity contribution >= 4 is 21.8 Å². The second-order valence-electron chi connectivity index (χ2n) is 4.03. The van der Waals surface area contributed by atoms with E-state index in [1.54, 1.807) is 24.1 Å². The molecule has 2 heterocycles. The fourth-order valence-corrected chi connectivity index (χ4v) is 2.17. The molecule has 0 aromatic carbocycles. The Kier molecular flexibility index (Phi) is 3.51. The lowest BCUT2D eigenvalue weighted by Gasteiger charge is -2.05. The minimum absolute atomic E-state index is 0.162. The van der Waals surface area contributed by atoms with E-state index >= 15 is 0 Å². The molecule has 0 aliphatic rings. The quantitative estimate of drug-likeness (QED) is 0.925. The van der Waals surface area contributed by atoms with Crippen molar-refractivity contribution in [3.63, 3.8) is 0 Å². The molecule has 0 aliphatic heterocycles. The van der Waals surface area contributed by atoms with Crippen LogP contribution in [0, 0.1) is 6.92 Å². The molecule has 6 nitrogen and oxygen atoms in total. The van der Waals surface area contributed by atoms with Gasteiger partial charge in [-0.25, -0.2) is 0 Å². The standard InChI is InChI=1S/C11H14BrN5O/c1-7-8(5-14-16(7)2)4-13-11(18)10-9(12)6-15-17(10)3/h5-6H,4H2,1-3H3,(H,13,18). The summed E-state index contributed by atoms with van der Waals surface area (Å²) in [6.45, 7) is 2.42. The van der Waals surface area contributed by atoms with Crippen LogP contribution in [0.1, 0.15) is 21.7 Å². The first-order chi connectivity index (χ1) is 8.50. The lowest BCUT2D eigenvalue weighted by molar-refractivity contribution is 0.0940. The second-order valence-corrected chi connectivity index (χ2v) is 4.88. The fraction of sp³-hybridized carbons (Fsp3) is 0.364. The summed E-state index contributed by atoms with van der Waals surface area (Å²) in [5.74, 6) is -0.162. The van der Waals surface area contributed by atoms with Gasteiger partial charge in [-0.3, -0.25) is 14.2 Å². The van der Waals surface area contributed by atoms with Crippen LogP contribution < -0.4 is 5.32 Å². The highest BCUT2D eigenvalue weighted by Gasteiger charge is 2.15. The molecule has 0 atom stereocenters. The van der Waals surface area contributed by atoms with Crippen molar-refractivity contribution in [2.75, 3.05) is 0 Å². The van der Waals surface area contributed by atoms with E-state index in [4.69, 9.17) is 0 Å². The van der Waals surface area contributed by atoms with Gasteiger partial charge in [-0.2, -0.15) is 10.2 Å². The van der Waals surface area contributed by atoms with Crippen LogP contribution in [0.2, 0.25) is 0 Å². The monoisotopic (exact) mass is 311 g/mol. The first-order valence-corrected chi connectivity index (χ1v) is 6.23. The van der Waals surface area contributed by atoms with Crippen molar-refractivity contribution in [2.45, 2.75) is 13.5 Å². The summed E-state index contributed by atoms with van der Waals surface area (Å²) in [6, 6.07) is 0. The first-order valence-electron chi connectivity index (χ1n) is 5.44. The van der Waals surface area contributed by atoms with Crippen LogP contribution in [0.4, 0.5) is 0 Å². The van der Waals surface area contributed by atoms with Gasteiger partial charge in [0.1, 0.15) is 5.69 Å². The van der Waals surface area contributed by atoms with Crippen molar-refractivity contribution in [3.05, 3.63) is 33.8 Å². The molecule has 0 spiro atoms. The summed E-state index contributed by atoms with van der Waals surface area (Å²) in [5.41, 5.74) is 2.56. The number of aromatic nitrogens is 4. The van der Waals surface area contributed by atoms with Gasteiger partial charge >= 0.3 is 0 Å². The van der Waals surface area contributed by atoms with Crippen LogP contribution in [0.5, 0.6) is 0 Å². The lowest BCUT2D eigenvalue weighted by Crippen LogP contribution is -2.25. The highest BCUT2D eigenvalue weighted by Crippen LogP contribution is 2.15. The van der Waals surface area contributed by atoms with Crippen molar-refractivity contribution < 1.29 is 4.79 Å². The van der Waals surface area contributed by atoms with E-state index in [2.05, 4.69) is 31.4 Å². The van der Waals surface area contributed by atoms with Crippen LogP contribution in [-0.4, -0.2) is 25.5 Å². The molecule has 0 aliphatic carbocycles. The van der Waals surface area contributed by atoms with Gasteiger partial charge in [-0.1, -0.05) is 0 Å². The molecule has 1 N–H and O–H groups in total. The van der Waals surface area contributed by atoms with Crippen molar-refractivity contribution in [1.29, 1.82) is 0 Å². The maximum Gasteiger partial charge on any atom is 0.270 e. The van der Waals surface area contributed by atoms with E-state index < -0.39 is 0 Å². The lowest BCUT2D eigenvalue weighted by atomic mass is 10.2. The molecule has 18 heavy (non-hydrogen) atoms. The van der Waals surface area contributed by atoms with Gasteiger partial charge in [0.15, 0.2) is 0 Å². The Labute approximate surface area is 113 Å². The van der Waals surface area contributed by atoms with Crippen LogP contribution in [0.25, 0.3) is 0 Å². The van der Waals surface area contributed by atoms with E-state index in [0.717, 1.165) is 11.3 Å². The van der Waals surface area contributed by atoms with Gasteiger partial charge in [-0.15, -0.1) is 0 Å². The van der Waals surface area contributed by atoms with E-state index in [0.29, 0.717) is 16.7 Å².